The number of thiophene rings is 1. The van der Waals surface area contributed by atoms with Crippen LogP contribution < -0.4 is 11.3 Å². The maximum atomic E-state index is 5.72. The fraction of sp³-hybridized carbons (Fsp3) is 0.733. The third kappa shape index (κ3) is 3.56. The molecule has 0 fully saturated rings. The Bertz CT molecular complexity index is 338. The Morgan fingerprint density at radius 2 is 2.11 bits per heavy atom. The Balaban J connectivity index is 1.80. The van der Waals surface area contributed by atoms with Crippen LogP contribution in [0.3, 0.4) is 0 Å². The molecule has 1 unspecified atom stereocenters. The molecule has 3 heteroatoms. The summed E-state index contributed by atoms with van der Waals surface area (Å²) in [5.74, 6) is 5.72. The van der Waals surface area contributed by atoms with E-state index >= 15 is 0 Å². The summed E-state index contributed by atoms with van der Waals surface area (Å²) >= 11 is 1.98. The minimum absolute atomic E-state index is 0.377. The van der Waals surface area contributed by atoms with E-state index in [4.69, 9.17) is 5.84 Å². The summed E-state index contributed by atoms with van der Waals surface area (Å²) in [6, 6.07) is 2.77. The second kappa shape index (κ2) is 7.27. The van der Waals surface area contributed by atoms with Gasteiger partial charge in [0.25, 0.3) is 0 Å². The van der Waals surface area contributed by atoms with Crippen molar-refractivity contribution in [3.63, 3.8) is 0 Å². The number of nitrogens with two attached hydrogens (primary N) is 1. The molecular formula is C15H26N2S. The van der Waals surface area contributed by atoms with Crippen LogP contribution in [0, 0.1) is 0 Å². The van der Waals surface area contributed by atoms with Crippen LogP contribution in [0.1, 0.15) is 73.2 Å². The molecule has 1 heterocycles. The monoisotopic (exact) mass is 266 g/mol. The first-order chi connectivity index (χ1) is 8.85. The van der Waals surface area contributed by atoms with E-state index in [1.54, 1.807) is 10.4 Å². The molecule has 1 atom stereocenters. The predicted molar refractivity (Wildman–Crippen MR) is 79.8 cm³/mol. The third-order valence-corrected chi connectivity index (χ3v) is 5.26. The molecule has 0 saturated carbocycles. The quantitative estimate of drug-likeness (QED) is 0.422. The first-order valence-electron chi connectivity index (χ1n) is 7.42. The molecule has 1 aliphatic rings. The number of hydrazine groups is 1. The van der Waals surface area contributed by atoms with Crippen LogP contribution >= 0.6 is 11.3 Å². The van der Waals surface area contributed by atoms with Gasteiger partial charge in [-0.3, -0.25) is 11.3 Å². The smallest absolute Gasteiger partial charge is 0.0553 e. The lowest BCUT2D eigenvalue weighted by Crippen LogP contribution is -2.27. The highest BCUT2D eigenvalue weighted by Gasteiger charge is 2.19. The van der Waals surface area contributed by atoms with Crippen molar-refractivity contribution >= 4 is 11.3 Å². The zero-order valence-electron chi connectivity index (χ0n) is 11.5. The van der Waals surface area contributed by atoms with E-state index in [1.165, 1.54) is 62.7 Å². The van der Waals surface area contributed by atoms with Crippen molar-refractivity contribution in [2.75, 3.05) is 0 Å². The van der Waals surface area contributed by atoms with E-state index in [-0.39, 0.29) is 0 Å². The Kier molecular flexibility index (Phi) is 5.67. The minimum Gasteiger partial charge on any atom is -0.271 e. The highest BCUT2D eigenvalue weighted by atomic mass is 32.1. The SMILES string of the molecule is CCCCCCCC(NN)c1cc2c(s1)CCC2. The fourth-order valence-corrected chi connectivity index (χ4v) is 4.14. The predicted octanol–water partition coefficient (Wildman–Crippen LogP) is 4.10. The van der Waals surface area contributed by atoms with Gasteiger partial charge in [-0.15, -0.1) is 11.3 Å². The van der Waals surface area contributed by atoms with Crippen molar-refractivity contribution in [1.29, 1.82) is 0 Å². The van der Waals surface area contributed by atoms with Crippen LogP contribution in [0.25, 0.3) is 0 Å². The van der Waals surface area contributed by atoms with Gasteiger partial charge in [-0.2, -0.15) is 0 Å². The average molecular weight is 266 g/mol. The second-order valence-electron chi connectivity index (χ2n) is 5.37. The molecule has 1 aromatic heterocycles. The van der Waals surface area contributed by atoms with Gasteiger partial charge in [0.15, 0.2) is 0 Å². The van der Waals surface area contributed by atoms with Crippen molar-refractivity contribution in [1.82, 2.24) is 5.43 Å². The van der Waals surface area contributed by atoms with Gasteiger partial charge >= 0.3 is 0 Å². The van der Waals surface area contributed by atoms with E-state index in [9.17, 15) is 0 Å². The Morgan fingerprint density at radius 3 is 2.83 bits per heavy atom. The number of nitrogens with one attached hydrogen (secondary N) is 1. The molecule has 0 aliphatic heterocycles. The molecule has 0 radical (unpaired) electrons. The van der Waals surface area contributed by atoms with E-state index in [0.717, 1.165) is 0 Å². The second-order valence-corrected chi connectivity index (χ2v) is 6.54. The Morgan fingerprint density at radius 1 is 1.28 bits per heavy atom. The van der Waals surface area contributed by atoms with Crippen LogP contribution in [0.4, 0.5) is 0 Å². The molecular weight excluding hydrogens is 240 g/mol. The van der Waals surface area contributed by atoms with Crippen LogP contribution in [0.5, 0.6) is 0 Å². The van der Waals surface area contributed by atoms with E-state index in [1.807, 2.05) is 11.3 Å². The summed E-state index contributed by atoms with van der Waals surface area (Å²) in [5, 5.41) is 0. The summed E-state index contributed by atoms with van der Waals surface area (Å²) in [6.07, 6.45) is 11.8. The molecule has 102 valence electrons. The summed E-state index contributed by atoms with van der Waals surface area (Å²) in [6.45, 7) is 2.26. The number of unbranched alkanes of at least 4 members (excludes halogenated alkanes) is 4. The van der Waals surface area contributed by atoms with E-state index in [2.05, 4.69) is 18.4 Å². The molecule has 1 aromatic rings. The first kappa shape index (κ1) is 14.0. The van der Waals surface area contributed by atoms with Crippen molar-refractivity contribution in [3.8, 4) is 0 Å². The van der Waals surface area contributed by atoms with Crippen LogP contribution in [-0.2, 0) is 12.8 Å². The summed E-state index contributed by atoms with van der Waals surface area (Å²) in [5.41, 5.74) is 4.59. The normalized spacial score (nSPS) is 15.9. The van der Waals surface area contributed by atoms with Gasteiger partial charge in [0, 0.05) is 9.75 Å². The molecule has 0 bridgehead atoms. The summed E-state index contributed by atoms with van der Waals surface area (Å²) < 4.78 is 0. The van der Waals surface area contributed by atoms with Crippen molar-refractivity contribution in [3.05, 3.63) is 21.4 Å². The fourth-order valence-electron chi connectivity index (χ4n) is 2.78. The van der Waals surface area contributed by atoms with E-state index in [0.29, 0.717) is 6.04 Å². The highest BCUT2D eigenvalue weighted by molar-refractivity contribution is 7.12. The minimum atomic E-state index is 0.377. The average Bonchev–Trinajstić information content (AvgIpc) is 2.94. The Hall–Kier alpha value is -0.380. The number of aryl methyl sites for hydroxylation is 2. The topological polar surface area (TPSA) is 38.0 Å². The van der Waals surface area contributed by atoms with Gasteiger partial charge in [-0.25, -0.2) is 0 Å². The van der Waals surface area contributed by atoms with Gasteiger partial charge < -0.3 is 0 Å². The summed E-state index contributed by atoms with van der Waals surface area (Å²) in [4.78, 5) is 3.06. The molecule has 18 heavy (non-hydrogen) atoms. The number of hydrogen-bond acceptors (Lipinski definition) is 3. The molecule has 0 amide bonds. The lowest BCUT2D eigenvalue weighted by Gasteiger charge is -2.14. The van der Waals surface area contributed by atoms with Gasteiger partial charge in [-0.05, 0) is 37.3 Å². The third-order valence-electron chi connectivity index (χ3n) is 3.91. The lowest BCUT2D eigenvalue weighted by atomic mass is 10.1. The number of fused-ring (bicyclic) bond motifs is 1. The molecule has 2 nitrogen and oxygen atoms in total. The molecule has 0 aromatic carbocycles. The molecule has 0 saturated heterocycles. The van der Waals surface area contributed by atoms with Gasteiger partial charge in [-0.1, -0.05) is 39.0 Å². The Labute approximate surface area is 115 Å². The molecule has 1 aliphatic carbocycles. The largest absolute Gasteiger partial charge is 0.271 e. The first-order valence-corrected chi connectivity index (χ1v) is 8.24. The maximum Gasteiger partial charge on any atom is 0.0553 e. The zero-order chi connectivity index (χ0) is 12.8. The zero-order valence-corrected chi connectivity index (χ0v) is 12.3. The van der Waals surface area contributed by atoms with Crippen LogP contribution in [0.2, 0.25) is 0 Å². The van der Waals surface area contributed by atoms with Crippen molar-refractivity contribution < 1.29 is 0 Å². The molecule has 2 rings (SSSR count). The maximum absolute atomic E-state index is 5.72. The van der Waals surface area contributed by atoms with Crippen LogP contribution in [0.15, 0.2) is 6.07 Å². The number of rotatable bonds is 8. The summed E-state index contributed by atoms with van der Waals surface area (Å²) in [7, 11) is 0. The van der Waals surface area contributed by atoms with E-state index < -0.39 is 0 Å². The van der Waals surface area contributed by atoms with Crippen molar-refractivity contribution in [2.45, 2.75) is 70.8 Å². The lowest BCUT2D eigenvalue weighted by molar-refractivity contribution is 0.484. The number of hydrogen-bond donors (Lipinski definition) is 2. The van der Waals surface area contributed by atoms with Gasteiger partial charge in [0.2, 0.25) is 0 Å². The standard InChI is InChI=1S/C15H26N2S/c1-2-3-4-5-6-9-13(17-16)15-11-12-8-7-10-14(12)18-15/h11,13,17H,2-10,16H2,1H3. The van der Waals surface area contributed by atoms with Gasteiger partial charge in [0.1, 0.15) is 0 Å². The van der Waals surface area contributed by atoms with Gasteiger partial charge in [0.05, 0.1) is 6.04 Å². The van der Waals surface area contributed by atoms with Crippen LogP contribution in [-0.4, -0.2) is 0 Å². The molecule has 0 spiro atoms. The molecule has 3 N–H and O–H groups in total. The highest BCUT2D eigenvalue weighted by Crippen LogP contribution is 2.35. The van der Waals surface area contributed by atoms with Crippen molar-refractivity contribution in [2.24, 2.45) is 5.84 Å².